The first-order valence-electron chi connectivity index (χ1n) is 7.30. The minimum absolute atomic E-state index is 0.0513. The Balaban J connectivity index is 2.12. The lowest BCUT2D eigenvalue weighted by molar-refractivity contribution is -0.384. The predicted octanol–water partition coefficient (Wildman–Crippen LogP) is 4.84. The molecule has 0 saturated carbocycles. The van der Waals surface area contributed by atoms with Crippen LogP contribution >= 0.6 is 12.2 Å². The lowest BCUT2D eigenvalue weighted by atomic mass is 9.98. The summed E-state index contributed by atoms with van der Waals surface area (Å²) < 4.78 is 0. The van der Waals surface area contributed by atoms with Crippen molar-refractivity contribution in [2.75, 3.05) is 10.6 Å². The van der Waals surface area contributed by atoms with Gasteiger partial charge in [0.2, 0.25) is 0 Å². The Kier molecular flexibility index (Phi) is 5.28. The van der Waals surface area contributed by atoms with Crippen LogP contribution in [0.5, 0.6) is 0 Å². The average Bonchev–Trinajstić information content (AvgIpc) is 2.49. The fourth-order valence-corrected chi connectivity index (χ4v) is 2.50. The van der Waals surface area contributed by atoms with Gasteiger partial charge in [0.15, 0.2) is 5.11 Å². The third-order valence-corrected chi connectivity index (χ3v) is 3.71. The molecule has 2 rings (SSSR count). The number of thiocarbonyl (C=S) groups is 1. The van der Waals surface area contributed by atoms with E-state index in [0.717, 1.165) is 11.3 Å². The number of nitro groups is 1. The van der Waals surface area contributed by atoms with Gasteiger partial charge in [0.1, 0.15) is 0 Å². The quantitative estimate of drug-likeness (QED) is 0.477. The van der Waals surface area contributed by atoms with Crippen LogP contribution in [0.15, 0.2) is 42.5 Å². The Labute approximate surface area is 140 Å². The number of rotatable bonds is 4. The summed E-state index contributed by atoms with van der Waals surface area (Å²) in [6.45, 7) is 6.29. The molecule has 0 aliphatic carbocycles. The van der Waals surface area contributed by atoms with Crippen molar-refractivity contribution >= 4 is 34.4 Å². The first kappa shape index (κ1) is 16.9. The van der Waals surface area contributed by atoms with Crippen molar-refractivity contribution in [2.45, 2.75) is 26.7 Å². The van der Waals surface area contributed by atoms with Crippen LogP contribution in [-0.2, 0) is 0 Å². The second kappa shape index (κ2) is 7.19. The maximum atomic E-state index is 10.7. The molecule has 23 heavy (non-hydrogen) atoms. The zero-order chi connectivity index (χ0) is 17.0. The molecule has 120 valence electrons. The molecule has 0 fully saturated rings. The normalized spacial score (nSPS) is 10.4. The highest BCUT2D eigenvalue weighted by Crippen LogP contribution is 2.27. The third-order valence-electron chi connectivity index (χ3n) is 3.50. The molecule has 0 heterocycles. The minimum atomic E-state index is -0.428. The molecule has 5 nitrogen and oxygen atoms in total. The number of benzene rings is 2. The van der Waals surface area contributed by atoms with E-state index in [0.29, 0.717) is 16.7 Å². The Morgan fingerprint density at radius 3 is 2.35 bits per heavy atom. The number of nitro benzene ring substituents is 1. The molecule has 2 aromatic rings. The molecule has 0 aliphatic heterocycles. The van der Waals surface area contributed by atoms with E-state index >= 15 is 0 Å². The number of hydrogen-bond donors (Lipinski definition) is 2. The Morgan fingerprint density at radius 1 is 1.13 bits per heavy atom. The highest BCUT2D eigenvalue weighted by atomic mass is 32.1. The van der Waals surface area contributed by atoms with Gasteiger partial charge < -0.3 is 10.6 Å². The van der Waals surface area contributed by atoms with Crippen molar-refractivity contribution in [3.8, 4) is 0 Å². The molecule has 0 bridgehead atoms. The zero-order valence-electron chi connectivity index (χ0n) is 13.3. The number of hydrogen-bond acceptors (Lipinski definition) is 3. The monoisotopic (exact) mass is 329 g/mol. The van der Waals surface area contributed by atoms with Gasteiger partial charge in [0.05, 0.1) is 4.92 Å². The molecule has 0 spiro atoms. The van der Waals surface area contributed by atoms with E-state index in [-0.39, 0.29) is 5.69 Å². The first-order valence-corrected chi connectivity index (χ1v) is 7.71. The highest BCUT2D eigenvalue weighted by molar-refractivity contribution is 7.80. The molecule has 6 heteroatoms. The molecule has 2 N–H and O–H groups in total. The molecule has 0 unspecified atom stereocenters. The summed E-state index contributed by atoms with van der Waals surface area (Å²) in [6, 6.07) is 12.3. The second-order valence-corrected chi connectivity index (χ2v) is 5.99. The number of nitrogens with one attached hydrogen (secondary N) is 2. The Morgan fingerprint density at radius 2 is 1.78 bits per heavy atom. The van der Waals surface area contributed by atoms with Crippen molar-refractivity contribution in [3.63, 3.8) is 0 Å². The third kappa shape index (κ3) is 4.26. The lowest BCUT2D eigenvalue weighted by Crippen LogP contribution is -2.20. The summed E-state index contributed by atoms with van der Waals surface area (Å²) in [5.41, 5.74) is 4.06. The van der Waals surface area contributed by atoms with Gasteiger partial charge in [-0.2, -0.15) is 0 Å². The summed E-state index contributed by atoms with van der Waals surface area (Å²) in [6.07, 6.45) is 0. The largest absolute Gasteiger partial charge is 0.332 e. The zero-order valence-corrected chi connectivity index (χ0v) is 14.1. The number of para-hydroxylation sites is 1. The van der Waals surface area contributed by atoms with Crippen molar-refractivity contribution < 1.29 is 4.92 Å². The predicted molar refractivity (Wildman–Crippen MR) is 98.2 cm³/mol. The summed E-state index contributed by atoms with van der Waals surface area (Å²) >= 11 is 5.35. The standard InChI is InChI=1S/C17H19N3O2S/c1-11(2)15-6-4-5-12(3)16(15)19-17(23)18-13-7-9-14(10-8-13)20(21)22/h4-11H,1-3H3,(H2,18,19,23). The van der Waals surface area contributed by atoms with Crippen LogP contribution in [-0.4, -0.2) is 10.0 Å². The van der Waals surface area contributed by atoms with Crippen LogP contribution in [0, 0.1) is 17.0 Å². The van der Waals surface area contributed by atoms with Crippen LogP contribution < -0.4 is 10.6 Å². The van der Waals surface area contributed by atoms with E-state index in [1.54, 1.807) is 12.1 Å². The molecule has 0 saturated heterocycles. The van der Waals surface area contributed by atoms with Crippen molar-refractivity contribution in [1.82, 2.24) is 0 Å². The fraction of sp³-hybridized carbons (Fsp3) is 0.235. The van der Waals surface area contributed by atoms with Crippen molar-refractivity contribution in [2.24, 2.45) is 0 Å². The van der Waals surface area contributed by atoms with Crippen LogP contribution in [0.3, 0.4) is 0 Å². The van der Waals surface area contributed by atoms with Crippen molar-refractivity contribution in [1.29, 1.82) is 0 Å². The van der Waals surface area contributed by atoms with E-state index in [1.807, 2.05) is 19.1 Å². The van der Waals surface area contributed by atoms with E-state index < -0.39 is 4.92 Å². The molecule has 0 atom stereocenters. The maximum absolute atomic E-state index is 10.7. The van der Waals surface area contributed by atoms with Gasteiger partial charge in [-0.3, -0.25) is 10.1 Å². The molecule has 2 aromatic carbocycles. The van der Waals surface area contributed by atoms with Crippen LogP contribution in [0.2, 0.25) is 0 Å². The van der Waals surface area contributed by atoms with Crippen molar-refractivity contribution in [3.05, 3.63) is 63.7 Å². The van der Waals surface area contributed by atoms with Gasteiger partial charge in [-0.05, 0) is 48.3 Å². The Bertz CT molecular complexity index is 727. The van der Waals surface area contributed by atoms with Crippen LogP contribution in [0.1, 0.15) is 30.9 Å². The number of anilines is 2. The first-order chi connectivity index (χ1) is 10.9. The van der Waals surface area contributed by atoms with E-state index in [1.165, 1.54) is 17.7 Å². The van der Waals surface area contributed by atoms with Gasteiger partial charge in [-0.1, -0.05) is 32.0 Å². The molecule has 0 aromatic heterocycles. The topological polar surface area (TPSA) is 67.2 Å². The summed E-state index contributed by atoms with van der Waals surface area (Å²) in [5.74, 6) is 0.375. The molecule has 0 radical (unpaired) electrons. The summed E-state index contributed by atoms with van der Waals surface area (Å²) in [5, 5.41) is 17.4. The minimum Gasteiger partial charge on any atom is -0.332 e. The van der Waals surface area contributed by atoms with Gasteiger partial charge in [0.25, 0.3) is 5.69 Å². The number of aryl methyl sites for hydroxylation is 1. The summed E-state index contributed by atoms with van der Waals surface area (Å²) in [7, 11) is 0. The van der Waals surface area contributed by atoms with E-state index in [2.05, 4.69) is 30.5 Å². The highest BCUT2D eigenvalue weighted by Gasteiger charge is 2.11. The van der Waals surface area contributed by atoms with Gasteiger partial charge in [-0.15, -0.1) is 0 Å². The maximum Gasteiger partial charge on any atom is 0.269 e. The fourth-order valence-electron chi connectivity index (χ4n) is 2.28. The van der Waals surface area contributed by atoms with Gasteiger partial charge >= 0.3 is 0 Å². The van der Waals surface area contributed by atoms with Gasteiger partial charge in [0, 0.05) is 23.5 Å². The molecule has 0 aliphatic rings. The summed E-state index contributed by atoms with van der Waals surface area (Å²) in [4.78, 5) is 10.2. The van der Waals surface area contributed by atoms with Crippen LogP contribution in [0.25, 0.3) is 0 Å². The van der Waals surface area contributed by atoms with E-state index in [4.69, 9.17) is 12.2 Å². The number of nitrogens with zero attached hydrogens (tertiary/aromatic N) is 1. The molecule has 0 amide bonds. The lowest BCUT2D eigenvalue weighted by Gasteiger charge is -2.18. The molecular formula is C17H19N3O2S. The SMILES string of the molecule is Cc1cccc(C(C)C)c1NC(=S)Nc1ccc([N+](=O)[O-])cc1. The molecular weight excluding hydrogens is 310 g/mol. The second-order valence-electron chi connectivity index (χ2n) is 5.58. The number of non-ortho nitro benzene ring substituents is 1. The van der Waals surface area contributed by atoms with E-state index in [9.17, 15) is 10.1 Å². The average molecular weight is 329 g/mol. The Hall–Kier alpha value is -2.47. The smallest absolute Gasteiger partial charge is 0.269 e. The van der Waals surface area contributed by atoms with Gasteiger partial charge in [-0.25, -0.2) is 0 Å². The van der Waals surface area contributed by atoms with Crippen LogP contribution in [0.4, 0.5) is 17.1 Å².